The fourth-order valence-electron chi connectivity index (χ4n) is 1.09. The first-order chi connectivity index (χ1) is 5.02. The number of hydrogen-bond acceptors (Lipinski definition) is 0. The van der Waals surface area contributed by atoms with Gasteiger partial charge in [0.2, 0.25) is 0 Å². The minimum atomic E-state index is -1.04. The lowest BCUT2D eigenvalue weighted by Gasteiger charge is -2.18. The topological polar surface area (TPSA) is 0 Å². The Labute approximate surface area is 69.5 Å². The van der Waals surface area contributed by atoms with Gasteiger partial charge in [-0.15, -0.1) is 0 Å². The molecule has 0 aromatic carbocycles. The van der Waals surface area contributed by atoms with E-state index in [0.717, 1.165) is 18.4 Å². The average molecular weight is 158 g/mol. The first-order valence-electron chi connectivity index (χ1n) is 4.37. The van der Waals surface area contributed by atoms with Crippen LogP contribution in [0.2, 0.25) is 0 Å². The maximum absolute atomic E-state index is 13.3. The lowest BCUT2D eigenvalue weighted by molar-refractivity contribution is 0.181. The molecular formula is C10H19F. The molecule has 0 saturated carbocycles. The molecule has 0 rings (SSSR count). The molecule has 0 bridgehead atoms. The molecule has 0 aliphatic heterocycles. The van der Waals surface area contributed by atoms with Crippen molar-refractivity contribution in [2.24, 2.45) is 0 Å². The van der Waals surface area contributed by atoms with Gasteiger partial charge in [0.25, 0.3) is 0 Å². The van der Waals surface area contributed by atoms with Gasteiger partial charge in [0.15, 0.2) is 0 Å². The first kappa shape index (κ1) is 10.7. The first-order valence-corrected chi connectivity index (χ1v) is 4.37. The van der Waals surface area contributed by atoms with E-state index in [1.54, 1.807) is 6.92 Å². The summed E-state index contributed by atoms with van der Waals surface area (Å²) < 4.78 is 13.3. The Morgan fingerprint density at radius 1 is 1.45 bits per heavy atom. The summed E-state index contributed by atoms with van der Waals surface area (Å²) >= 11 is 0. The van der Waals surface area contributed by atoms with Crippen molar-refractivity contribution in [1.29, 1.82) is 0 Å². The van der Waals surface area contributed by atoms with Crippen molar-refractivity contribution in [1.82, 2.24) is 0 Å². The summed E-state index contributed by atoms with van der Waals surface area (Å²) in [7, 11) is 0. The summed E-state index contributed by atoms with van der Waals surface area (Å²) in [5.41, 5.74) is 0.00560. The van der Waals surface area contributed by atoms with Crippen LogP contribution in [0, 0.1) is 0 Å². The third-order valence-corrected chi connectivity index (χ3v) is 1.96. The number of alkyl halides is 1. The molecule has 0 aromatic heterocycles. The van der Waals surface area contributed by atoms with Crippen molar-refractivity contribution >= 4 is 0 Å². The van der Waals surface area contributed by atoms with Crippen LogP contribution in [-0.2, 0) is 0 Å². The molecule has 0 N–H and O–H groups in total. The van der Waals surface area contributed by atoms with Crippen LogP contribution in [0.25, 0.3) is 0 Å². The van der Waals surface area contributed by atoms with Gasteiger partial charge >= 0.3 is 0 Å². The van der Waals surface area contributed by atoms with Crippen molar-refractivity contribution < 1.29 is 4.39 Å². The Balaban J connectivity index is 3.74. The monoisotopic (exact) mass is 158 g/mol. The molecule has 11 heavy (non-hydrogen) atoms. The summed E-state index contributed by atoms with van der Waals surface area (Å²) in [4.78, 5) is 0. The second kappa shape index (κ2) is 4.53. The van der Waals surface area contributed by atoms with Crippen molar-refractivity contribution in [2.45, 2.75) is 52.1 Å². The second-order valence-electron chi connectivity index (χ2n) is 3.44. The summed E-state index contributed by atoms with van der Waals surface area (Å²) in [6, 6.07) is 0. The zero-order chi connectivity index (χ0) is 8.91. The maximum Gasteiger partial charge on any atom is 0.111 e. The van der Waals surface area contributed by atoms with Crippen LogP contribution in [0.1, 0.15) is 46.5 Å². The molecule has 0 amide bonds. The van der Waals surface area contributed by atoms with Crippen molar-refractivity contribution in [3.63, 3.8) is 0 Å². The summed E-state index contributed by atoms with van der Waals surface area (Å²) in [5, 5.41) is 0. The van der Waals surface area contributed by atoms with Crippen LogP contribution >= 0.6 is 0 Å². The Morgan fingerprint density at radius 3 is 2.36 bits per heavy atom. The number of allylic oxidation sites excluding steroid dienone is 1. The van der Waals surface area contributed by atoms with Gasteiger partial charge in [-0.1, -0.05) is 32.4 Å². The summed E-state index contributed by atoms with van der Waals surface area (Å²) in [5.74, 6) is 0. The second-order valence-corrected chi connectivity index (χ2v) is 3.44. The molecule has 66 valence electrons. The predicted molar refractivity (Wildman–Crippen MR) is 48.5 cm³/mol. The van der Waals surface area contributed by atoms with Gasteiger partial charge in [-0.05, 0) is 19.8 Å². The highest BCUT2D eigenvalue weighted by molar-refractivity contribution is 4.99. The molecule has 0 saturated heterocycles. The van der Waals surface area contributed by atoms with Crippen LogP contribution in [0.5, 0.6) is 0 Å². The summed E-state index contributed by atoms with van der Waals surface area (Å²) in [6.07, 6.45) is 3.13. The van der Waals surface area contributed by atoms with Crippen LogP contribution in [-0.4, -0.2) is 5.67 Å². The van der Waals surface area contributed by atoms with Gasteiger partial charge in [0.1, 0.15) is 5.67 Å². The average Bonchev–Trinajstić information content (AvgIpc) is 1.87. The molecule has 0 fully saturated rings. The lowest BCUT2D eigenvalue weighted by atomic mass is 9.94. The highest BCUT2D eigenvalue weighted by Crippen LogP contribution is 2.25. The van der Waals surface area contributed by atoms with E-state index in [1.807, 2.05) is 6.92 Å². The Kier molecular flexibility index (Phi) is 4.39. The van der Waals surface area contributed by atoms with Crippen LogP contribution in [0.4, 0.5) is 4.39 Å². The molecule has 0 aliphatic rings. The minimum absolute atomic E-state index is 0.525. The number of rotatable bonds is 5. The molecule has 0 aliphatic carbocycles. The smallest absolute Gasteiger partial charge is 0.111 e. The third-order valence-electron chi connectivity index (χ3n) is 1.96. The fraction of sp³-hybridized carbons (Fsp3) is 0.800. The normalized spacial score (nSPS) is 16.0. The molecule has 0 spiro atoms. The van der Waals surface area contributed by atoms with E-state index in [2.05, 4.69) is 13.5 Å². The zero-order valence-corrected chi connectivity index (χ0v) is 7.91. The van der Waals surface area contributed by atoms with Crippen LogP contribution in [0.15, 0.2) is 12.2 Å². The maximum atomic E-state index is 13.3. The minimum Gasteiger partial charge on any atom is -0.244 e. The Bertz CT molecular complexity index is 125. The number of halogens is 1. The summed E-state index contributed by atoms with van der Waals surface area (Å²) in [6.45, 7) is 9.45. The van der Waals surface area contributed by atoms with E-state index in [9.17, 15) is 4.39 Å². The third kappa shape index (κ3) is 5.00. The predicted octanol–water partition coefficient (Wildman–Crippen LogP) is 3.87. The van der Waals surface area contributed by atoms with E-state index in [0.29, 0.717) is 12.8 Å². The van der Waals surface area contributed by atoms with Crippen molar-refractivity contribution in [3.8, 4) is 0 Å². The largest absolute Gasteiger partial charge is 0.244 e. The van der Waals surface area contributed by atoms with Gasteiger partial charge in [-0.3, -0.25) is 0 Å². The van der Waals surface area contributed by atoms with Gasteiger partial charge in [-0.25, -0.2) is 4.39 Å². The van der Waals surface area contributed by atoms with Crippen LogP contribution in [0.3, 0.4) is 0 Å². The van der Waals surface area contributed by atoms with Crippen molar-refractivity contribution in [3.05, 3.63) is 12.2 Å². The van der Waals surface area contributed by atoms with E-state index in [1.165, 1.54) is 0 Å². The fourth-order valence-corrected chi connectivity index (χ4v) is 1.09. The quantitative estimate of drug-likeness (QED) is 0.533. The van der Waals surface area contributed by atoms with E-state index in [-0.39, 0.29) is 0 Å². The zero-order valence-electron chi connectivity index (χ0n) is 7.91. The Hall–Kier alpha value is -0.330. The van der Waals surface area contributed by atoms with E-state index < -0.39 is 5.67 Å². The molecule has 1 atom stereocenters. The molecule has 0 aromatic rings. The van der Waals surface area contributed by atoms with Gasteiger partial charge in [-0.2, -0.15) is 0 Å². The molecule has 1 heteroatoms. The molecule has 0 heterocycles. The van der Waals surface area contributed by atoms with Gasteiger partial charge in [0.05, 0.1) is 0 Å². The molecule has 0 nitrogen and oxygen atoms in total. The standard InChI is InChI=1S/C10H19F/c1-5-7-9(3)8-10(4,11)6-2/h3,5-8H2,1-2,4H3. The highest BCUT2D eigenvalue weighted by Gasteiger charge is 2.20. The van der Waals surface area contributed by atoms with Gasteiger partial charge < -0.3 is 0 Å². The lowest BCUT2D eigenvalue weighted by Crippen LogP contribution is -2.16. The highest BCUT2D eigenvalue weighted by atomic mass is 19.1. The number of hydrogen-bond donors (Lipinski definition) is 0. The molecule has 0 radical (unpaired) electrons. The SMILES string of the molecule is C=C(CCC)CC(C)(F)CC. The van der Waals surface area contributed by atoms with Crippen LogP contribution < -0.4 is 0 Å². The molecule has 1 unspecified atom stereocenters. The van der Waals surface area contributed by atoms with Crippen molar-refractivity contribution in [2.75, 3.05) is 0 Å². The molecular weight excluding hydrogens is 139 g/mol. The van der Waals surface area contributed by atoms with Gasteiger partial charge in [0, 0.05) is 6.42 Å². The Morgan fingerprint density at radius 2 is 2.00 bits per heavy atom. The van der Waals surface area contributed by atoms with E-state index >= 15 is 0 Å². The van der Waals surface area contributed by atoms with E-state index in [4.69, 9.17) is 0 Å².